The molecule has 0 radical (unpaired) electrons. The summed E-state index contributed by atoms with van der Waals surface area (Å²) in [6.07, 6.45) is -3.76. The van der Waals surface area contributed by atoms with E-state index in [1.807, 2.05) is 0 Å². The van der Waals surface area contributed by atoms with Gasteiger partial charge in [0.25, 0.3) is 0 Å². The Balaban J connectivity index is 2.68. The van der Waals surface area contributed by atoms with Crippen LogP contribution in [0.3, 0.4) is 0 Å². The quantitative estimate of drug-likeness (QED) is 0.228. The molecule has 0 saturated carbocycles. The molecule has 10 nitrogen and oxygen atoms in total. The zero-order valence-electron chi connectivity index (χ0n) is 11.4. The van der Waals surface area contributed by atoms with Gasteiger partial charge < -0.3 is 41.7 Å². The van der Waals surface area contributed by atoms with E-state index in [-0.39, 0.29) is 24.6 Å². The molecule has 1 heterocycles. The lowest BCUT2D eigenvalue weighted by Gasteiger charge is -2.20. The largest absolute Gasteiger partial charge is 0.394 e. The van der Waals surface area contributed by atoms with Crippen molar-refractivity contribution in [2.45, 2.75) is 31.0 Å². The highest BCUT2D eigenvalue weighted by atomic mass is 16.4. The summed E-state index contributed by atoms with van der Waals surface area (Å²) in [6.45, 7) is -1.41. The monoisotopic (exact) mass is 306 g/mol. The van der Waals surface area contributed by atoms with Crippen LogP contribution in [0, 0.1) is 0 Å². The van der Waals surface area contributed by atoms with Crippen molar-refractivity contribution in [1.29, 1.82) is 0 Å². The minimum atomic E-state index is -1.31. The Morgan fingerprint density at radius 2 is 1.62 bits per heavy atom. The maximum absolute atomic E-state index is 9.65. The molecule has 122 valence electrons. The zero-order valence-corrected chi connectivity index (χ0v) is 11.4. The number of nitrogens with zero attached hydrogens (tertiary/aromatic N) is 2. The van der Waals surface area contributed by atoms with Crippen LogP contribution in [0.25, 0.3) is 0 Å². The Kier molecular flexibility index (Phi) is 6.81. The summed E-state index contributed by atoms with van der Waals surface area (Å²) in [5.74, 6) is 0.281. The van der Waals surface area contributed by atoms with Crippen LogP contribution in [-0.2, 0) is 6.54 Å². The van der Waals surface area contributed by atoms with Crippen LogP contribution in [0.1, 0.15) is 0 Å². The average Bonchev–Trinajstić information content (AvgIpc) is 2.83. The molecule has 4 unspecified atom stereocenters. The van der Waals surface area contributed by atoms with E-state index in [0.29, 0.717) is 0 Å². The summed E-state index contributed by atoms with van der Waals surface area (Å²) in [5, 5.41) is 61.9. The SMILES string of the molecule is Nc1cnn(CC(O)C(O)CO)c1NCC(O)C(O)CO. The van der Waals surface area contributed by atoms with Crippen molar-refractivity contribution >= 4 is 11.5 Å². The van der Waals surface area contributed by atoms with Gasteiger partial charge in [0.2, 0.25) is 0 Å². The van der Waals surface area contributed by atoms with Crippen LogP contribution in [0.2, 0.25) is 0 Å². The van der Waals surface area contributed by atoms with Crippen molar-refractivity contribution in [2.75, 3.05) is 30.8 Å². The van der Waals surface area contributed by atoms with Gasteiger partial charge in [0.05, 0.1) is 37.7 Å². The van der Waals surface area contributed by atoms with Gasteiger partial charge in [-0.25, -0.2) is 4.68 Å². The topological polar surface area (TPSA) is 177 Å². The predicted molar refractivity (Wildman–Crippen MR) is 73.3 cm³/mol. The summed E-state index contributed by atoms with van der Waals surface area (Å²) in [5.41, 5.74) is 5.93. The first-order valence-electron chi connectivity index (χ1n) is 6.39. The van der Waals surface area contributed by atoms with Crippen molar-refractivity contribution in [1.82, 2.24) is 9.78 Å². The van der Waals surface area contributed by atoms with E-state index in [1.165, 1.54) is 10.9 Å². The second-order valence-corrected chi connectivity index (χ2v) is 4.65. The van der Waals surface area contributed by atoms with Crippen molar-refractivity contribution in [2.24, 2.45) is 0 Å². The lowest BCUT2D eigenvalue weighted by atomic mass is 10.2. The minimum Gasteiger partial charge on any atom is -0.394 e. The third-order valence-corrected chi connectivity index (χ3v) is 2.97. The van der Waals surface area contributed by atoms with E-state index < -0.39 is 37.6 Å². The maximum atomic E-state index is 9.65. The Morgan fingerprint density at radius 1 is 1.05 bits per heavy atom. The molecule has 1 aromatic rings. The number of aliphatic hydroxyl groups is 6. The average molecular weight is 306 g/mol. The van der Waals surface area contributed by atoms with E-state index in [1.54, 1.807) is 0 Å². The van der Waals surface area contributed by atoms with Crippen molar-refractivity contribution < 1.29 is 30.6 Å². The first-order chi connectivity index (χ1) is 9.90. The van der Waals surface area contributed by atoms with Crippen LogP contribution in [0.5, 0.6) is 0 Å². The molecule has 0 aliphatic carbocycles. The Hall–Kier alpha value is -1.43. The highest BCUT2D eigenvalue weighted by Crippen LogP contribution is 2.18. The first-order valence-corrected chi connectivity index (χ1v) is 6.39. The van der Waals surface area contributed by atoms with Crippen molar-refractivity contribution in [3.05, 3.63) is 6.20 Å². The van der Waals surface area contributed by atoms with Gasteiger partial charge in [0.1, 0.15) is 24.1 Å². The lowest BCUT2D eigenvalue weighted by molar-refractivity contribution is -0.0228. The third-order valence-electron chi connectivity index (χ3n) is 2.97. The van der Waals surface area contributed by atoms with Gasteiger partial charge in [-0.2, -0.15) is 5.10 Å². The van der Waals surface area contributed by atoms with Crippen LogP contribution in [0.4, 0.5) is 11.5 Å². The molecule has 0 fully saturated rings. The highest BCUT2D eigenvalue weighted by molar-refractivity contribution is 5.60. The molecule has 0 aliphatic heterocycles. The number of aliphatic hydroxyl groups excluding tert-OH is 6. The maximum Gasteiger partial charge on any atom is 0.147 e. The summed E-state index contributed by atoms with van der Waals surface area (Å²) in [7, 11) is 0. The smallest absolute Gasteiger partial charge is 0.147 e. The molecule has 1 aromatic heterocycles. The second-order valence-electron chi connectivity index (χ2n) is 4.65. The molecule has 0 aliphatic rings. The molecule has 0 spiro atoms. The fourth-order valence-corrected chi connectivity index (χ4v) is 1.61. The van der Waals surface area contributed by atoms with Gasteiger partial charge in [-0.15, -0.1) is 0 Å². The van der Waals surface area contributed by atoms with E-state index in [9.17, 15) is 20.4 Å². The number of aromatic nitrogens is 2. The molecule has 0 aromatic carbocycles. The lowest BCUT2D eigenvalue weighted by Crippen LogP contribution is -2.36. The van der Waals surface area contributed by atoms with Gasteiger partial charge in [0.15, 0.2) is 0 Å². The fraction of sp³-hybridized carbons (Fsp3) is 0.727. The van der Waals surface area contributed by atoms with E-state index in [0.717, 1.165) is 0 Å². The number of nitrogens with one attached hydrogen (secondary N) is 1. The zero-order chi connectivity index (χ0) is 16.0. The summed E-state index contributed by atoms with van der Waals surface area (Å²) in [6, 6.07) is 0. The standard InChI is InChI=1S/C11H22N4O6/c12-6-1-14-15(3-8(19)10(21)5-17)11(6)13-2-7(18)9(20)4-16/h1,7-10,13,16-21H,2-5,12H2. The highest BCUT2D eigenvalue weighted by Gasteiger charge is 2.20. The normalized spacial score (nSPS) is 17.2. The van der Waals surface area contributed by atoms with E-state index in [2.05, 4.69) is 10.4 Å². The minimum absolute atomic E-state index is 0.101. The third kappa shape index (κ3) is 4.81. The molecule has 0 amide bonds. The number of nitrogens with two attached hydrogens (primary N) is 1. The van der Waals surface area contributed by atoms with Gasteiger partial charge in [-0.1, -0.05) is 0 Å². The first kappa shape index (κ1) is 17.6. The molecule has 1 rings (SSSR count). The van der Waals surface area contributed by atoms with Gasteiger partial charge in [-0.05, 0) is 0 Å². The molecule has 0 saturated heterocycles. The number of rotatable bonds is 9. The Bertz CT molecular complexity index is 429. The Morgan fingerprint density at radius 3 is 2.19 bits per heavy atom. The van der Waals surface area contributed by atoms with Crippen LogP contribution < -0.4 is 11.1 Å². The molecule has 0 bridgehead atoms. The van der Waals surface area contributed by atoms with Crippen LogP contribution in [0.15, 0.2) is 6.20 Å². The number of anilines is 2. The summed E-state index contributed by atoms with van der Waals surface area (Å²) in [4.78, 5) is 0. The predicted octanol–water partition coefficient (Wildman–Crippen LogP) is -3.69. The van der Waals surface area contributed by atoms with Gasteiger partial charge >= 0.3 is 0 Å². The van der Waals surface area contributed by atoms with Crippen molar-refractivity contribution in [3.8, 4) is 0 Å². The summed E-state index contributed by atoms with van der Waals surface area (Å²) < 4.78 is 1.26. The van der Waals surface area contributed by atoms with Crippen LogP contribution >= 0.6 is 0 Å². The molecule has 4 atom stereocenters. The van der Waals surface area contributed by atoms with Crippen LogP contribution in [-0.4, -0.2) is 84.6 Å². The van der Waals surface area contributed by atoms with Gasteiger partial charge in [0, 0.05) is 6.54 Å². The fourth-order valence-electron chi connectivity index (χ4n) is 1.61. The molecular weight excluding hydrogens is 284 g/mol. The number of hydrogen-bond acceptors (Lipinski definition) is 9. The Labute approximate surface area is 121 Å². The summed E-state index contributed by atoms with van der Waals surface area (Å²) >= 11 is 0. The molecular formula is C11H22N4O6. The second kappa shape index (κ2) is 8.12. The van der Waals surface area contributed by atoms with E-state index >= 15 is 0 Å². The molecule has 10 heteroatoms. The number of nitrogen functional groups attached to an aromatic ring is 1. The molecule has 21 heavy (non-hydrogen) atoms. The number of hydrogen-bond donors (Lipinski definition) is 8. The van der Waals surface area contributed by atoms with Gasteiger partial charge in [-0.3, -0.25) is 0 Å². The van der Waals surface area contributed by atoms with E-state index in [4.69, 9.17) is 15.9 Å². The molecule has 9 N–H and O–H groups in total. The van der Waals surface area contributed by atoms with Crippen molar-refractivity contribution in [3.63, 3.8) is 0 Å².